The van der Waals surface area contributed by atoms with Gasteiger partial charge in [-0.25, -0.2) is 0 Å². The number of halogens is 1. The van der Waals surface area contributed by atoms with E-state index in [1.807, 2.05) is 56.3 Å². The van der Waals surface area contributed by atoms with Crippen molar-refractivity contribution in [1.82, 2.24) is 10.2 Å². The lowest BCUT2D eigenvalue weighted by Gasteiger charge is -2.17. The first-order valence-corrected chi connectivity index (χ1v) is 11.6. The Morgan fingerprint density at radius 3 is 2.78 bits per heavy atom. The number of rotatable bonds is 7. The molecule has 1 aliphatic heterocycles. The summed E-state index contributed by atoms with van der Waals surface area (Å²) in [5.41, 5.74) is 1.74. The van der Waals surface area contributed by atoms with E-state index in [2.05, 4.69) is 15.5 Å². The number of benzene rings is 2. The fourth-order valence-corrected chi connectivity index (χ4v) is 4.51. The van der Waals surface area contributed by atoms with Crippen molar-refractivity contribution in [2.75, 3.05) is 16.8 Å². The Kier molecular flexibility index (Phi) is 6.72. The Bertz CT molecular complexity index is 1120. The zero-order valence-electron chi connectivity index (χ0n) is 17.7. The molecule has 2 heterocycles. The predicted molar refractivity (Wildman–Crippen MR) is 126 cm³/mol. The maximum atomic E-state index is 12.7. The second-order valence-electron chi connectivity index (χ2n) is 7.60. The van der Waals surface area contributed by atoms with Crippen molar-refractivity contribution in [3.8, 4) is 5.75 Å². The molecule has 7 nitrogen and oxygen atoms in total. The number of aryl methyl sites for hydroxylation is 1. The molecule has 0 saturated carbocycles. The number of anilines is 2. The van der Waals surface area contributed by atoms with Crippen LogP contribution in [-0.4, -0.2) is 34.7 Å². The summed E-state index contributed by atoms with van der Waals surface area (Å²) in [7, 11) is 0. The Labute approximate surface area is 195 Å². The molecule has 1 aromatic heterocycles. The average molecular weight is 471 g/mol. The molecule has 0 bridgehead atoms. The zero-order valence-corrected chi connectivity index (χ0v) is 19.3. The second-order valence-corrected chi connectivity index (χ2v) is 9.02. The van der Waals surface area contributed by atoms with E-state index in [1.54, 1.807) is 11.0 Å². The van der Waals surface area contributed by atoms with Gasteiger partial charge in [-0.2, -0.15) is 0 Å². The molecule has 9 heteroatoms. The Hall–Kier alpha value is -2.97. The lowest BCUT2D eigenvalue weighted by Crippen LogP contribution is -2.32. The lowest BCUT2D eigenvalue weighted by molar-refractivity contribution is -0.122. The second kappa shape index (κ2) is 9.67. The Balaban J connectivity index is 1.40. The van der Waals surface area contributed by atoms with Gasteiger partial charge in [-0.05, 0) is 43.2 Å². The molecule has 0 spiro atoms. The number of aromatic nitrogens is 2. The highest BCUT2D eigenvalue weighted by atomic mass is 35.5. The van der Waals surface area contributed by atoms with E-state index in [4.69, 9.17) is 16.3 Å². The summed E-state index contributed by atoms with van der Waals surface area (Å²) in [4.78, 5) is 27.0. The molecule has 2 unspecified atom stereocenters. The molecule has 1 saturated heterocycles. The van der Waals surface area contributed by atoms with Gasteiger partial charge in [-0.1, -0.05) is 54.1 Å². The van der Waals surface area contributed by atoms with Gasteiger partial charge in [0.25, 0.3) is 5.91 Å². The standard InChI is InChI=1S/C23H23ClN4O3S/c1-3-19(31-17-7-5-4-6-8-17)21(30)25-23-27-26-22(32-23)15-11-20(29)28(13-15)16-10-9-14(2)18(24)12-16/h4-10,12,15,19H,3,11,13H2,1-2H3,(H,25,27,30). The van der Waals surface area contributed by atoms with Crippen LogP contribution in [0.2, 0.25) is 5.02 Å². The van der Waals surface area contributed by atoms with E-state index in [1.165, 1.54) is 11.3 Å². The van der Waals surface area contributed by atoms with Crippen molar-refractivity contribution >= 4 is 45.6 Å². The molecule has 1 N–H and O–H groups in total. The first kappa shape index (κ1) is 22.2. The van der Waals surface area contributed by atoms with Crippen LogP contribution in [0.3, 0.4) is 0 Å². The molecule has 2 aromatic carbocycles. The number of carbonyl (C=O) groups is 2. The van der Waals surface area contributed by atoms with Crippen molar-refractivity contribution in [3.63, 3.8) is 0 Å². The predicted octanol–water partition coefficient (Wildman–Crippen LogP) is 4.82. The van der Waals surface area contributed by atoms with Gasteiger partial charge in [0.15, 0.2) is 6.10 Å². The van der Waals surface area contributed by atoms with Crippen LogP contribution in [0.4, 0.5) is 10.8 Å². The van der Waals surface area contributed by atoms with Crippen LogP contribution in [0.5, 0.6) is 5.75 Å². The van der Waals surface area contributed by atoms with E-state index < -0.39 is 6.10 Å². The number of carbonyl (C=O) groups excluding carboxylic acids is 2. The molecule has 0 aliphatic carbocycles. The third-order valence-electron chi connectivity index (χ3n) is 5.30. The number of hydrogen-bond donors (Lipinski definition) is 1. The van der Waals surface area contributed by atoms with Gasteiger partial charge in [-0.15, -0.1) is 10.2 Å². The summed E-state index contributed by atoms with van der Waals surface area (Å²) in [5.74, 6) is 0.275. The quantitative estimate of drug-likeness (QED) is 0.535. The fraction of sp³-hybridized carbons (Fsp3) is 0.304. The van der Waals surface area contributed by atoms with Crippen molar-refractivity contribution in [1.29, 1.82) is 0 Å². The maximum Gasteiger partial charge on any atom is 0.267 e. The normalized spacial score (nSPS) is 16.8. The van der Waals surface area contributed by atoms with Crippen LogP contribution in [0.1, 0.15) is 36.3 Å². The Morgan fingerprint density at radius 1 is 1.28 bits per heavy atom. The molecular formula is C23H23ClN4O3S. The number of ether oxygens (including phenoxy) is 1. The van der Waals surface area contributed by atoms with Gasteiger partial charge in [-0.3, -0.25) is 14.9 Å². The van der Waals surface area contributed by atoms with E-state index in [0.29, 0.717) is 40.3 Å². The van der Waals surface area contributed by atoms with E-state index in [0.717, 1.165) is 11.3 Å². The van der Waals surface area contributed by atoms with Gasteiger partial charge in [0.1, 0.15) is 10.8 Å². The molecule has 32 heavy (non-hydrogen) atoms. The molecule has 2 amide bonds. The van der Waals surface area contributed by atoms with Crippen LogP contribution < -0.4 is 15.0 Å². The van der Waals surface area contributed by atoms with E-state index in [9.17, 15) is 9.59 Å². The summed E-state index contributed by atoms with van der Waals surface area (Å²) in [6, 6.07) is 14.8. The summed E-state index contributed by atoms with van der Waals surface area (Å²) >= 11 is 7.51. The first-order chi connectivity index (χ1) is 15.4. The van der Waals surface area contributed by atoms with Crippen LogP contribution >= 0.6 is 22.9 Å². The summed E-state index contributed by atoms with van der Waals surface area (Å²) in [6.45, 7) is 4.30. The number of nitrogens with one attached hydrogen (secondary N) is 1. The monoisotopic (exact) mass is 470 g/mol. The molecule has 4 rings (SSSR count). The molecule has 2 atom stereocenters. The van der Waals surface area contributed by atoms with Crippen LogP contribution in [0.15, 0.2) is 48.5 Å². The van der Waals surface area contributed by atoms with Crippen molar-refractivity contribution in [3.05, 3.63) is 64.1 Å². The van der Waals surface area contributed by atoms with Crippen LogP contribution in [0, 0.1) is 6.92 Å². The summed E-state index contributed by atoms with van der Waals surface area (Å²) in [5, 5.41) is 12.9. The zero-order chi connectivity index (χ0) is 22.7. The number of hydrogen-bond acceptors (Lipinski definition) is 6. The highest BCUT2D eigenvalue weighted by Gasteiger charge is 2.34. The Morgan fingerprint density at radius 2 is 2.06 bits per heavy atom. The fourth-order valence-electron chi connectivity index (χ4n) is 3.49. The largest absolute Gasteiger partial charge is 0.481 e. The van der Waals surface area contributed by atoms with Gasteiger partial charge < -0.3 is 9.64 Å². The number of para-hydroxylation sites is 1. The van der Waals surface area contributed by atoms with Crippen molar-refractivity contribution in [2.45, 2.75) is 38.7 Å². The molecule has 3 aromatic rings. The minimum absolute atomic E-state index is 0.0120. The molecule has 1 aliphatic rings. The van der Waals surface area contributed by atoms with Gasteiger partial charge in [0.2, 0.25) is 11.0 Å². The molecule has 1 fully saturated rings. The number of nitrogens with zero attached hydrogens (tertiary/aromatic N) is 3. The SMILES string of the molecule is CCC(Oc1ccccc1)C(=O)Nc1nnc(C2CC(=O)N(c3ccc(C)c(Cl)c3)C2)s1. The van der Waals surface area contributed by atoms with Gasteiger partial charge in [0, 0.05) is 29.6 Å². The highest BCUT2D eigenvalue weighted by molar-refractivity contribution is 7.15. The summed E-state index contributed by atoms with van der Waals surface area (Å²) < 4.78 is 5.78. The minimum Gasteiger partial charge on any atom is -0.481 e. The van der Waals surface area contributed by atoms with E-state index >= 15 is 0 Å². The minimum atomic E-state index is -0.639. The number of amides is 2. The topological polar surface area (TPSA) is 84.4 Å². The third-order valence-corrected chi connectivity index (χ3v) is 6.71. The lowest BCUT2D eigenvalue weighted by atomic mass is 10.1. The van der Waals surface area contributed by atoms with E-state index in [-0.39, 0.29) is 17.7 Å². The third kappa shape index (κ3) is 4.92. The first-order valence-electron chi connectivity index (χ1n) is 10.4. The maximum absolute atomic E-state index is 12.7. The average Bonchev–Trinajstić information content (AvgIpc) is 3.41. The molecular weight excluding hydrogens is 448 g/mol. The van der Waals surface area contributed by atoms with Crippen molar-refractivity contribution < 1.29 is 14.3 Å². The highest BCUT2D eigenvalue weighted by Crippen LogP contribution is 2.35. The van der Waals surface area contributed by atoms with Gasteiger partial charge >= 0.3 is 0 Å². The summed E-state index contributed by atoms with van der Waals surface area (Å²) in [6.07, 6.45) is 0.208. The van der Waals surface area contributed by atoms with Crippen LogP contribution in [-0.2, 0) is 9.59 Å². The molecule has 166 valence electrons. The van der Waals surface area contributed by atoms with Crippen LogP contribution in [0.25, 0.3) is 0 Å². The van der Waals surface area contributed by atoms with Gasteiger partial charge in [0.05, 0.1) is 0 Å². The molecule has 0 radical (unpaired) electrons. The smallest absolute Gasteiger partial charge is 0.267 e. The van der Waals surface area contributed by atoms with Crippen molar-refractivity contribution in [2.24, 2.45) is 0 Å².